The molecule has 0 saturated carbocycles. The lowest BCUT2D eigenvalue weighted by atomic mass is 10.2. The molecule has 96 valence electrons. The van der Waals surface area contributed by atoms with Crippen molar-refractivity contribution in [2.45, 2.75) is 13.1 Å². The lowest BCUT2D eigenvalue weighted by molar-refractivity contribution is 0.350. The van der Waals surface area contributed by atoms with Crippen molar-refractivity contribution in [3.8, 4) is 11.5 Å². The number of nitrogens with one attached hydrogen (secondary N) is 1. The van der Waals surface area contributed by atoms with Crippen LogP contribution in [0.2, 0.25) is 0 Å². The van der Waals surface area contributed by atoms with Crippen LogP contribution in [0, 0.1) is 0 Å². The Labute approximate surface area is 111 Å². The van der Waals surface area contributed by atoms with Gasteiger partial charge in [0.15, 0.2) is 11.5 Å². The number of benzene rings is 1. The molecule has 2 rings (SSSR count). The van der Waals surface area contributed by atoms with E-state index in [1.807, 2.05) is 29.8 Å². The number of aromatic nitrogens is 1. The first-order valence-corrected chi connectivity index (χ1v) is 6.52. The Bertz CT molecular complexity index is 486. The molecule has 1 aromatic carbocycles. The number of rotatable bonds is 6. The molecule has 0 saturated heterocycles. The van der Waals surface area contributed by atoms with E-state index >= 15 is 0 Å². The number of thiazole rings is 1. The number of hydrogen-bond acceptors (Lipinski definition) is 5. The summed E-state index contributed by atoms with van der Waals surface area (Å²) in [6, 6.07) is 5.88. The fraction of sp³-hybridized carbons (Fsp3) is 0.308. The molecule has 0 bridgehead atoms. The zero-order valence-corrected chi connectivity index (χ0v) is 11.3. The first-order valence-electron chi connectivity index (χ1n) is 5.64. The second-order valence-electron chi connectivity index (χ2n) is 3.68. The molecule has 1 heterocycles. The Balaban J connectivity index is 2.00. The maximum absolute atomic E-state index is 5.38. The molecule has 0 amide bonds. The Kier molecular flexibility index (Phi) is 4.55. The van der Waals surface area contributed by atoms with Crippen LogP contribution in [0.25, 0.3) is 0 Å². The van der Waals surface area contributed by atoms with Gasteiger partial charge in [-0.1, -0.05) is 12.1 Å². The molecule has 0 aliphatic carbocycles. The monoisotopic (exact) mass is 264 g/mol. The molecular formula is C13H16N2O2S. The van der Waals surface area contributed by atoms with E-state index in [-0.39, 0.29) is 0 Å². The zero-order valence-electron chi connectivity index (χ0n) is 10.5. The molecule has 0 aliphatic heterocycles. The van der Waals surface area contributed by atoms with Gasteiger partial charge >= 0.3 is 0 Å². The highest BCUT2D eigenvalue weighted by Crippen LogP contribution is 2.30. The Morgan fingerprint density at radius 3 is 2.78 bits per heavy atom. The van der Waals surface area contributed by atoms with Gasteiger partial charge in [-0.3, -0.25) is 0 Å². The first-order chi connectivity index (χ1) is 8.85. The third kappa shape index (κ3) is 3.00. The molecule has 0 fully saturated rings. The third-order valence-corrected chi connectivity index (χ3v) is 3.34. The van der Waals surface area contributed by atoms with Crippen molar-refractivity contribution < 1.29 is 9.47 Å². The van der Waals surface area contributed by atoms with Gasteiger partial charge in [-0.2, -0.15) is 0 Å². The highest BCUT2D eigenvalue weighted by atomic mass is 32.1. The molecule has 1 N–H and O–H groups in total. The van der Waals surface area contributed by atoms with Crippen molar-refractivity contribution in [3.63, 3.8) is 0 Å². The van der Waals surface area contributed by atoms with E-state index in [1.165, 1.54) is 0 Å². The molecule has 0 unspecified atom stereocenters. The summed E-state index contributed by atoms with van der Waals surface area (Å²) < 4.78 is 10.6. The van der Waals surface area contributed by atoms with Crippen LogP contribution in [-0.2, 0) is 13.1 Å². The fourth-order valence-corrected chi connectivity index (χ4v) is 2.32. The Hall–Kier alpha value is -1.59. The summed E-state index contributed by atoms with van der Waals surface area (Å²) in [5, 5.41) is 6.40. The minimum Gasteiger partial charge on any atom is -0.493 e. The lowest BCUT2D eigenvalue weighted by Crippen LogP contribution is -2.13. The van der Waals surface area contributed by atoms with E-state index in [2.05, 4.69) is 10.3 Å². The number of para-hydroxylation sites is 1. The number of nitrogens with zero attached hydrogens (tertiary/aromatic N) is 1. The van der Waals surface area contributed by atoms with Crippen LogP contribution in [0.4, 0.5) is 0 Å². The molecule has 1 aromatic heterocycles. The molecule has 0 radical (unpaired) electrons. The largest absolute Gasteiger partial charge is 0.493 e. The third-order valence-electron chi connectivity index (χ3n) is 2.56. The molecule has 5 heteroatoms. The minimum absolute atomic E-state index is 0.722. The van der Waals surface area contributed by atoms with Crippen molar-refractivity contribution in [1.82, 2.24) is 10.3 Å². The molecule has 4 nitrogen and oxygen atoms in total. The zero-order chi connectivity index (χ0) is 12.8. The molecule has 18 heavy (non-hydrogen) atoms. The smallest absolute Gasteiger partial charge is 0.165 e. The highest BCUT2D eigenvalue weighted by Gasteiger charge is 2.08. The Morgan fingerprint density at radius 1 is 1.22 bits per heavy atom. The molecular weight excluding hydrogens is 248 g/mol. The summed E-state index contributed by atoms with van der Waals surface area (Å²) >= 11 is 1.65. The van der Waals surface area contributed by atoms with Gasteiger partial charge in [-0.15, -0.1) is 11.3 Å². The molecule has 0 spiro atoms. The normalized spacial score (nSPS) is 10.3. The predicted molar refractivity (Wildman–Crippen MR) is 72.2 cm³/mol. The van der Waals surface area contributed by atoms with Gasteiger partial charge < -0.3 is 14.8 Å². The summed E-state index contributed by atoms with van der Waals surface area (Å²) in [5.41, 5.74) is 1.08. The summed E-state index contributed by atoms with van der Waals surface area (Å²) in [5.74, 6) is 1.54. The van der Waals surface area contributed by atoms with Crippen molar-refractivity contribution >= 4 is 11.3 Å². The highest BCUT2D eigenvalue weighted by molar-refractivity contribution is 7.09. The van der Waals surface area contributed by atoms with Crippen molar-refractivity contribution in [3.05, 3.63) is 40.3 Å². The van der Waals surface area contributed by atoms with Gasteiger partial charge in [0.25, 0.3) is 0 Å². The average Bonchev–Trinajstić information content (AvgIpc) is 2.91. The second kappa shape index (κ2) is 6.37. The van der Waals surface area contributed by atoms with Crippen LogP contribution in [0.15, 0.2) is 29.8 Å². The fourth-order valence-electron chi connectivity index (χ4n) is 1.74. The van der Waals surface area contributed by atoms with Crippen LogP contribution in [0.5, 0.6) is 11.5 Å². The van der Waals surface area contributed by atoms with Crippen LogP contribution >= 0.6 is 11.3 Å². The minimum atomic E-state index is 0.722. The van der Waals surface area contributed by atoms with E-state index in [9.17, 15) is 0 Å². The van der Waals surface area contributed by atoms with Gasteiger partial charge in [0.2, 0.25) is 0 Å². The van der Waals surface area contributed by atoms with Gasteiger partial charge in [0.1, 0.15) is 5.01 Å². The quantitative estimate of drug-likeness (QED) is 0.870. The molecule has 0 aliphatic rings. The summed E-state index contributed by atoms with van der Waals surface area (Å²) in [7, 11) is 3.30. The molecule has 2 aromatic rings. The van der Waals surface area contributed by atoms with E-state index < -0.39 is 0 Å². The lowest BCUT2D eigenvalue weighted by Gasteiger charge is -2.12. The first kappa shape index (κ1) is 12.9. The second-order valence-corrected chi connectivity index (χ2v) is 4.66. The average molecular weight is 264 g/mol. The SMILES string of the molecule is COc1cccc(CNCc2nccs2)c1OC. The van der Waals surface area contributed by atoms with Gasteiger partial charge in [0.05, 0.1) is 14.2 Å². The van der Waals surface area contributed by atoms with Gasteiger partial charge in [-0.05, 0) is 6.07 Å². The van der Waals surface area contributed by atoms with Gasteiger partial charge in [-0.25, -0.2) is 4.98 Å². The number of hydrogen-bond donors (Lipinski definition) is 1. The molecule has 0 atom stereocenters. The summed E-state index contributed by atoms with van der Waals surface area (Å²) in [6.07, 6.45) is 1.81. The van der Waals surface area contributed by atoms with Gasteiger partial charge in [0, 0.05) is 30.2 Å². The van der Waals surface area contributed by atoms with E-state index in [1.54, 1.807) is 25.6 Å². The number of ether oxygens (including phenoxy) is 2. The van der Waals surface area contributed by atoms with Crippen molar-refractivity contribution in [1.29, 1.82) is 0 Å². The van der Waals surface area contributed by atoms with Crippen molar-refractivity contribution in [2.75, 3.05) is 14.2 Å². The topological polar surface area (TPSA) is 43.4 Å². The maximum Gasteiger partial charge on any atom is 0.165 e. The van der Waals surface area contributed by atoms with Crippen molar-refractivity contribution in [2.24, 2.45) is 0 Å². The summed E-state index contributed by atoms with van der Waals surface area (Å²) in [6.45, 7) is 1.48. The predicted octanol–water partition coefficient (Wildman–Crippen LogP) is 2.45. The summed E-state index contributed by atoms with van der Waals surface area (Å²) in [4.78, 5) is 4.22. The van der Waals surface area contributed by atoms with E-state index in [4.69, 9.17) is 9.47 Å². The van der Waals surface area contributed by atoms with E-state index in [0.29, 0.717) is 0 Å². The Morgan fingerprint density at radius 2 is 2.11 bits per heavy atom. The van der Waals surface area contributed by atoms with Crippen LogP contribution < -0.4 is 14.8 Å². The number of methoxy groups -OCH3 is 2. The van der Waals surface area contributed by atoms with Crippen LogP contribution in [0.1, 0.15) is 10.6 Å². The maximum atomic E-state index is 5.38. The standard InChI is InChI=1S/C13H16N2O2S/c1-16-11-5-3-4-10(13(11)17-2)8-14-9-12-15-6-7-18-12/h3-7,14H,8-9H2,1-2H3. The van der Waals surface area contributed by atoms with Crippen LogP contribution in [0.3, 0.4) is 0 Å². The van der Waals surface area contributed by atoms with E-state index in [0.717, 1.165) is 35.2 Å². The van der Waals surface area contributed by atoms with Crippen LogP contribution in [-0.4, -0.2) is 19.2 Å².